The predicted molar refractivity (Wildman–Crippen MR) is 184 cm³/mol. The van der Waals surface area contributed by atoms with E-state index in [1.54, 1.807) is 26.8 Å². The van der Waals surface area contributed by atoms with Gasteiger partial charge in [0.25, 0.3) is 0 Å². The number of Topliss-reactive ketones (excluding diaryl/α,β-unsaturated/α-hetero) is 1. The number of ether oxygens (including phenoxy) is 3. The number of ketones is 1. The fraction of sp³-hybridized carbons (Fsp3) is 0.647. The molecule has 8 N–H and O–H groups in total. The number of nitrogens with two attached hydrogens (primary N) is 2. The van der Waals surface area contributed by atoms with Crippen LogP contribution < -0.4 is 36.9 Å². The molecule has 2 heterocycles. The second kappa shape index (κ2) is 14.5. The van der Waals surface area contributed by atoms with Gasteiger partial charge in [0, 0.05) is 44.7 Å². The van der Waals surface area contributed by atoms with Crippen LogP contribution in [0, 0.1) is 0 Å². The summed E-state index contributed by atoms with van der Waals surface area (Å²) in [6, 6.07) is 2.40. The lowest BCUT2D eigenvalue weighted by Gasteiger charge is -2.62. The van der Waals surface area contributed by atoms with Gasteiger partial charge in [0.15, 0.2) is 29.3 Å². The van der Waals surface area contributed by atoms with Crippen LogP contribution in [-0.2, 0) is 31.0 Å². The molecular formula is C34H50N8O9. The number of likely N-dealkylation sites (tertiary alicyclic amines) is 1. The van der Waals surface area contributed by atoms with Crippen molar-refractivity contribution in [2.45, 2.75) is 94.1 Å². The first-order valence-corrected chi connectivity index (χ1v) is 17.3. The van der Waals surface area contributed by atoms with Crippen LogP contribution >= 0.6 is 0 Å². The normalized spacial score (nSPS) is 25.0. The summed E-state index contributed by atoms with van der Waals surface area (Å²) in [5, 5.41) is 19.8. The fourth-order valence-corrected chi connectivity index (χ4v) is 7.82. The number of carbonyl (C=O) groups excluding carboxylic acids is 5. The van der Waals surface area contributed by atoms with Gasteiger partial charge in [0.2, 0.25) is 11.8 Å². The Hall–Kier alpha value is -4.64. The quantitative estimate of drug-likeness (QED) is 0.0925. The van der Waals surface area contributed by atoms with Crippen LogP contribution in [0.2, 0.25) is 0 Å². The van der Waals surface area contributed by atoms with Crippen LogP contribution in [0.1, 0.15) is 64.0 Å². The molecule has 280 valence electrons. The first-order chi connectivity index (χ1) is 24.0. The second-order valence-corrected chi connectivity index (χ2v) is 14.7. The van der Waals surface area contributed by atoms with Crippen molar-refractivity contribution < 1.29 is 43.3 Å². The zero-order valence-electron chi connectivity index (χ0n) is 29.9. The van der Waals surface area contributed by atoms with Gasteiger partial charge in [-0.1, -0.05) is 6.07 Å². The lowest BCUT2D eigenvalue weighted by molar-refractivity contribution is -0.185. The van der Waals surface area contributed by atoms with E-state index >= 15 is 0 Å². The maximum Gasteiger partial charge on any atom is 0.415 e. The zero-order valence-corrected chi connectivity index (χ0v) is 29.9. The minimum atomic E-state index is -1.15. The molecule has 17 nitrogen and oxygen atoms in total. The average Bonchev–Trinajstić information content (AvgIpc) is 3.41. The first-order valence-electron chi connectivity index (χ1n) is 17.3. The molecule has 1 aromatic carbocycles. The van der Waals surface area contributed by atoms with Crippen LogP contribution in [0.15, 0.2) is 17.1 Å². The van der Waals surface area contributed by atoms with Crippen molar-refractivity contribution in [1.82, 2.24) is 25.8 Å². The van der Waals surface area contributed by atoms with Crippen LogP contribution in [0.3, 0.4) is 0 Å². The minimum absolute atomic E-state index is 0.0238. The fourth-order valence-electron chi connectivity index (χ4n) is 7.82. The number of nitrogens with one attached hydrogen (secondary N) is 3. The van der Waals surface area contributed by atoms with Gasteiger partial charge in [-0.3, -0.25) is 19.4 Å². The molecule has 5 rings (SSSR count). The van der Waals surface area contributed by atoms with Crippen LogP contribution in [0.4, 0.5) is 9.59 Å². The van der Waals surface area contributed by atoms with Gasteiger partial charge < -0.3 is 56.5 Å². The van der Waals surface area contributed by atoms with E-state index in [2.05, 4.69) is 25.8 Å². The van der Waals surface area contributed by atoms with Gasteiger partial charge in [0.1, 0.15) is 18.2 Å². The molecule has 17 heteroatoms. The smallest absolute Gasteiger partial charge is 0.415 e. The molecule has 0 aromatic heterocycles. The third-order valence-corrected chi connectivity index (χ3v) is 10.2. The third-order valence-electron chi connectivity index (χ3n) is 10.2. The van der Waals surface area contributed by atoms with E-state index in [1.807, 2.05) is 13.1 Å². The predicted octanol–water partition coefficient (Wildman–Crippen LogP) is -0.350. The number of hydrogen-bond acceptors (Lipinski definition) is 11. The topological polar surface area (TPSA) is 240 Å². The molecule has 2 fully saturated rings. The number of likely N-dealkylation sites (N-methyl/N-ethyl adjacent to an activating group) is 2. The van der Waals surface area contributed by atoms with E-state index in [4.69, 9.17) is 25.7 Å². The summed E-state index contributed by atoms with van der Waals surface area (Å²) in [6.07, 6.45) is -0.0927. The van der Waals surface area contributed by atoms with Crippen LogP contribution in [0.25, 0.3) is 0 Å². The standard InChI is InChI=1S/C34H50N8O9/c1-32(2,3)51-30(46)39-18-24(44)40-20(7-6-13-38-29(35)36)28(45)37-14-16-42(5)31(47)49-22-9-8-19-17-23-34(48)11-10-21(43)27-33(34,12-15-41(23)4)25(19)26(22)50-27/h8-9,20,23,27,48H,6-7,10-18H2,1-5H3,(H,37,45)(H,39,46)(H,40,44)(H4,35,36,38)/t20-,23+,27-,33-,34+/m0/s1. The molecule has 4 aliphatic rings. The van der Waals surface area contributed by atoms with E-state index in [9.17, 15) is 29.1 Å². The number of rotatable bonds is 12. The number of aliphatic hydroxyl groups is 1. The third kappa shape index (κ3) is 7.54. The number of carbonyl (C=O) groups is 5. The maximum absolute atomic E-state index is 13.2. The largest absolute Gasteiger partial charge is 0.477 e. The molecule has 0 unspecified atom stereocenters. The molecule has 1 saturated heterocycles. The number of aliphatic imine (C=N–C) groups is 1. The number of amides is 4. The zero-order chi connectivity index (χ0) is 37.3. The van der Waals surface area contributed by atoms with Gasteiger partial charge in [-0.25, -0.2) is 9.59 Å². The Morgan fingerprint density at radius 1 is 1.20 bits per heavy atom. The summed E-state index contributed by atoms with van der Waals surface area (Å²) in [4.78, 5) is 71.5. The molecule has 1 aromatic rings. The maximum atomic E-state index is 13.2. The summed E-state index contributed by atoms with van der Waals surface area (Å²) in [7, 11) is 3.50. The molecule has 0 radical (unpaired) electrons. The van der Waals surface area contributed by atoms with Crippen molar-refractivity contribution >= 4 is 35.7 Å². The van der Waals surface area contributed by atoms with Crippen molar-refractivity contribution in [3.63, 3.8) is 0 Å². The Morgan fingerprint density at radius 2 is 1.94 bits per heavy atom. The highest BCUT2D eigenvalue weighted by Crippen LogP contribution is 2.64. The molecule has 1 saturated carbocycles. The van der Waals surface area contributed by atoms with Crippen molar-refractivity contribution in [3.05, 3.63) is 23.3 Å². The summed E-state index contributed by atoms with van der Waals surface area (Å²) in [5.41, 5.74) is 9.71. The summed E-state index contributed by atoms with van der Waals surface area (Å²) in [5.74, 6) is -0.810. The Bertz CT molecular complexity index is 1590. The molecule has 2 bridgehead atoms. The lowest BCUT2D eigenvalue weighted by Crippen LogP contribution is -2.76. The Morgan fingerprint density at radius 3 is 2.65 bits per heavy atom. The van der Waals surface area contributed by atoms with Crippen molar-refractivity contribution in [1.29, 1.82) is 0 Å². The molecule has 5 atom stereocenters. The van der Waals surface area contributed by atoms with Gasteiger partial charge in [-0.15, -0.1) is 0 Å². The van der Waals surface area contributed by atoms with Crippen molar-refractivity contribution in [2.24, 2.45) is 16.5 Å². The van der Waals surface area contributed by atoms with E-state index in [-0.39, 0.29) is 56.0 Å². The van der Waals surface area contributed by atoms with E-state index in [0.717, 1.165) is 11.1 Å². The number of nitrogens with zero attached hydrogens (tertiary/aromatic N) is 3. The van der Waals surface area contributed by atoms with Crippen molar-refractivity contribution in [2.75, 3.05) is 46.8 Å². The average molecular weight is 715 g/mol. The van der Waals surface area contributed by atoms with Crippen LogP contribution in [-0.4, -0.2) is 127 Å². The van der Waals surface area contributed by atoms with E-state index < -0.39 is 59.3 Å². The molecule has 51 heavy (non-hydrogen) atoms. The summed E-state index contributed by atoms with van der Waals surface area (Å²) in [6.45, 7) is 5.66. The number of guanidine groups is 1. The molecule has 2 aliphatic heterocycles. The van der Waals surface area contributed by atoms with E-state index in [1.165, 1.54) is 11.9 Å². The van der Waals surface area contributed by atoms with E-state index in [0.29, 0.717) is 38.0 Å². The van der Waals surface area contributed by atoms with Crippen LogP contribution in [0.5, 0.6) is 11.5 Å². The van der Waals surface area contributed by atoms with Gasteiger partial charge in [-0.2, -0.15) is 0 Å². The minimum Gasteiger partial charge on any atom is -0.477 e. The number of hydrogen-bond donors (Lipinski definition) is 6. The molecule has 2 aliphatic carbocycles. The molecular weight excluding hydrogens is 664 g/mol. The second-order valence-electron chi connectivity index (χ2n) is 14.7. The molecule has 4 amide bonds. The lowest BCUT2D eigenvalue weighted by atomic mass is 9.49. The first kappa shape index (κ1) is 37.6. The van der Waals surface area contributed by atoms with Gasteiger partial charge in [0.05, 0.1) is 11.0 Å². The van der Waals surface area contributed by atoms with Gasteiger partial charge >= 0.3 is 12.2 Å². The number of alkyl carbamates (subject to hydrolysis) is 1. The Balaban J connectivity index is 1.19. The number of benzene rings is 1. The van der Waals surface area contributed by atoms with Crippen molar-refractivity contribution in [3.8, 4) is 11.5 Å². The SMILES string of the molecule is CN(CCNC(=O)[C@H](CCCN=C(N)N)NC(=O)CNC(=O)OC(C)(C)C)C(=O)Oc1ccc2c3c1O[C@H]1C(=O)CC[C@@]4(O)[C@@H](C2)N(C)CC[C@]314. The summed E-state index contributed by atoms with van der Waals surface area (Å²) >= 11 is 0. The summed E-state index contributed by atoms with van der Waals surface area (Å²) < 4.78 is 17.2. The van der Waals surface area contributed by atoms with Gasteiger partial charge in [-0.05, 0) is 78.1 Å². The highest BCUT2D eigenvalue weighted by molar-refractivity contribution is 5.91. The highest BCUT2D eigenvalue weighted by Gasteiger charge is 2.72. The Kier molecular flexibility index (Phi) is 10.7. The highest BCUT2D eigenvalue weighted by atomic mass is 16.6. The monoisotopic (exact) mass is 714 g/mol. The number of piperidine rings is 1. The molecule has 1 spiro atoms. The Labute approximate surface area is 296 Å².